The molecule has 0 aliphatic carbocycles. The highest BCUT2D eigenvalue weighted by molar-refractivity contribution is 5.15. The number of allylic oxidation sites excluding steroid dienone is 1. The van der Waals surface area contributed by atoms with Crippen LogP contribution in [0.5, 0.6) is 0 Å². The van der Waals surface area contributed by atoms with E-state index < -0.39 is 35.1 Å². The van der Waals surface area contributed by atoms with Gasteiger partial charge >= 0.3 is 0 Å². The smallest absolute Gasteiger partial charge is 0.106 e. The van der Waals surface area contributed by atoms with Crippen molar-refractivity contribution < 1.29 is 38.6 Å². The molecule has 0 aromatic heterocycles. The van der Waals surface area contributed by atoms with Gasteiger partial charge < -0.3 is 38.6 Å². The molecule has 0 radical (unpaired) electrons. The summed E-state index contributed by atoms with van der Waals surface area (Å²) < 4.78 is 40.5. The van der Waals surface area contributed by atoms with Gasteiger partial charge in [0.2, 0.25) is 0 Å². The maximum atomic E-state index is 11.3. The number of aliphatic hydroxyl groups excluding tert-OH is 2. The van der Waals surface area contributed by atoms with Crippen LogP contribution in [-0.2, 0) is 41.6 Å². The largest absolute Gasteiger partial charge is 0.390 e. The average Bonchev–Trinajstić information content (AvgIpc) is 3.10. The summed E-state index contributed by atoms with van der Waals surface area (Å²) in [5.74, 6) is 0.638. The van der Waals surface area contributed by atoms with Crippen molar-refractivity contribution in [1.29, 1.82) is 0 Å². The maximum absolute atomic E-state index is 11.3. The molecule has 4 aliphatic rings. The summed E-state index contributed by atoms with van der Waals surface area (Å²) in [5, 5.41) is 22.3. The van der Waals surface area contributed by atoms with E-state index in [1.807, 2.05) is 42.5 Å². The van der Waals surface area contributed by atoms with E-state index in [1.54, 1.807) is 0 Å². The first-order valence-electron chi connectivity index (χ1n) is 19.3. The highest BCUT2D eigenvalue weighted by Gasteiger charge is 2.63. The zero-order chi connectivity index (χ0) is 36.2. The van der Waals surface area contributed by atoms with E-state index >= 15 is 0 Å². The lowest BCUT2D eigenvalue weighted by Gasteiger charge is -2.63. The summed E-state index contributed by atoms with van der Waals surface area (Å²) in [7, 11) is 0. The minimum atomic E-state index is -0.959. The molecule has 2 N–H and O–H groups in total. The maximum Gasteiger partial charge on any atom is 0.106 e. The van der Waals surface area contributed by atoms with Gasteiger partial charge in [-0.2, -0.15) is 0 Å². The lowest BCUT2D eigenvalue weighted by atomic mass is 9.69. The second-order valence-corrected chi connectivity index (χ2v) is 16.6. The molecule has 0 spiro atoms. The van der Waals surface area contributed by atoms with Gasteiger partial charge in [-0.05, 0) is 75.8 Å². The van der Waals surface area contributed by atoms with E-state index in [2.05, 4.69) is 65.5 Å². The Morgan fingerprint density at radius 2 is 1.49 bits per heavy atom. The van der Waals surface area contributed by atoms with Gasteiger partial charge in [-0.15, -0.1) is 6.58 Å². The highest BCUT2D eigenvalue weighted by Crippen LogP contribution is 2.53. The second kappa shape index (κ2) is 16.5. The van der Waals surface area contributed by atoms with Gasteiger partial charge in [-0.1, -0.05) is 80.6 Å². The number of ether oxygens (including phenoxy) is 6. The molecule has 8 heteroatoms. The molecule has 2 aromatic carbocycles. The summed E-state index contributed by atoms with van der Waals surface area (Å²) in [5.41, 5.74) is 0.597. The van der Waals surface area contributed by atoms with Crippen LogP contribution >= 0.6 is 0 Å². The molecule has 282 valence electrons. The lowest BCUT2D eigenvalue weighted by molar-refractivity contribution is -0.372. The van der Waals surface area contributed by atoms with Crippen molar-refractivity contribution in [2.45, 2.75) is 165 Å². The number of rotatable bonds is 15. The monoisotopic (exact) mass is 706 g/mol. The molecular weight excluding hydrogens is 644 g/mol. The Kier molecular flexibility index (Phi) is 12.5. The number of hydrogen-bond acceptors (Lipinski definition) is 8. The molecule has 2 aromatic rings. The summed E-state index contributed by atoms with van der Waals surface area (Å²) >= 11 is 0. The first-order chi connectivity index (χ1) is 24.4. The van der Waals surface area contributed by atoms with Crippen molar-refractivity contribution in [2.24, 2.45) is 11.8 Å². The lowest BCUT2D eigenvalue weighted by Crippen LogP contribution is -2.72. The van der Waals surface area contributed by atoms with Crippen molar-refractivity contribution in [3.63, 3.8) is 0 Å². The number of aliphatic hydroxyl groups is 2. The Morgan fingerprint density at radius 1 is 0.843 bits per heavy atom. The number of fused-ring (bicyclic) bond motifs is 3. The second-order valence-electron chi connectivity index (χ2n) is 16.6. The van der Waals surface area contributed by atoms with E-state index in [0.29, 0.717) is 64.3 Å². The summed E-state index contributed by atoms with van der Waals surface area (Å²) in [6.07, 6.45) is 4.19. The van der Waals surface area contributed by atoms with Crippen LogP contribution in [0.3, 0.4) is 0 Å². The van der Waals surface area contributed by atoms with Crippen molar-refractivity contribution >= 4 is 0 Å². The minimum absolute atomic E-state index is 0.157. The molecule has 0 unspecified atom stereocenters. The fourth-order valence-electron chi connectivity index (χ4n) is 9.09. The zero-order valence-electron chi connectivity index (χ0n) is 31.5. The van der Waals surface area contributed by atoms with E-state index in [9.17, 15) is 10.2 Å². The van der Waals surface area contributed by atoms with Crippen LogP contribution in [0.4, 0.5) is 0 Å². The van der Waals surface area contributed by atoms with Gasteiger partial charge in [0.25, 0.3) is 0 Å². The molecule has 0 bridgehead atoms. The van der Waals surface area contributed by atoms with Crippen molar-refractivity contribution in [3.05, 3.63) is 84.4 Å². The summed E-state index contributed by atoms with van der Waals surface area (Å²) in [4.78, 5) is 0. The Morgan fingerprint density at radius 3 is 2.18 bits per heavy atom. The Bertz CT molecular complexity index is 1390. The molecule has 51 heavy (non-hydrogen) atoms. The SMILES string of the molecule is C=CC[C@H](C)[C@H](C)C[C@@H](O)[C@H](O)[C@@H]1CC[C@@]2(C)O[C@@]3(C)C[C@@]4(C)O[C@@H](CCOCc5ccccc5)[C@H](OCc5ccccc5)C[C@@H]4O[C@@H]3C[C@@H]2O1. The molecule has 4 saturated heterocycles. The fourth-order valence-corrected chi connectivity index (χ4v) is 9.09. The molecule has 13 atom stereocenters. The standard InChI is InChI=1S/C43H62O8/c1-7-14-29(2)30(3)23-33(44)40(45)35-19-21-41(4)38(48-35)25-39-43(6,51-41)28-42(5)37(49-39)24-36(47-27-32-17-12-9-13-18-32)34(50-42)20-22-46-26-31-15-10-8-11-16-31/h7-13,15-18,29-30,33-40,44-45H,1,14,19-28H2,2-6H3/t29-,30+,33+,34-,35-,36+,37-,38-,39+,40-,41+,42+,43-/m0/s1. The fraction of sp³-hybridized carbons (Fsp3) is 0.674. The molecular formula is C43H62O8. The van der Waals surface area contributed by atoms with Crippen LogP contribution in [0.2, 0.25) is 0 Å². The highest BCUT2D eigenvalue weighted by atomic mass is 16.6. The predicted molar refractivity (Wildman–Crippen MR) is 197 cm³/mol. The molecule has 0 amide bonds. The predicted octanol–water partition coefficient (Wildman–Crippen LogP) is 7.33. The Balaban J connectivity index is 1.11. The third-order valence-corrected chi connectivity index (χ3v) is 12.4. The van der Waals surface area contributed by atoms with Gasteiger partial charge in [0.15, 0.2) is 0 Å². The third kappa shape index (κ3) is 8.98. The normalized spacial score (nSPS) is 37.2. The molecule has 4 aliphatic heterocycles. The minimum Gasteiger partial charge on any atom is -0.390 e. The molecule has 8 nitrogen and oxygen atoms in total. The molecule has 4 fully saturated rings. The topological polar surface area (TPSA) is 95.8 Å². The summed E-state index contributed by atoms with van der Waals surface area (Å²) in [6.45, 7) is 16.2. The third-order valence-electron chi connectivity index (χ3n) is 12.4. The first kappa shape index (κ1) is 38.6. The van der Waals surface area contributed by atoms with Crippen LogP contribution in [0.15, 0.2) is 73.3 Å². The molecule has 0 saturated carbocycles. The van der Waals surface area contributed by atoms with Crippen LogP contribution in [-0.4, -0.2) is 82.5 Å². The zero-order valence-corrected chi connectivity index (χ0v) is 31.5. The molecule has 6 rings (SSSR count). The first-order valence-corrected chi connectivity index (χ1v) is 19.3. The van der Waals surface area contributed by atoms with E-state index in [0.717, 1.165) is 24.0 Å². The number of hydrogen-bond donors (Lipinski definition) is 2. The van der Waals surface area contributed by atoms with Crippen LogP contribution in [0.1, 0.15) is 97.1 Å². The summed E-state index contributed by atoms with van der Waals surface area (Å²) in [6, 6.07) is 20.5. The van der Waals surface area contributed by atoms with Gasteiger partial charge in [0, 0.05) is 25.9 Å². The van der Waals surface area contributed by atoms with Gasteiger partial charge in [-0.3, -0.25) is 0 Å². The van der Waals surface area contributed by atoms with Gasteiger partial charge in [0.05, 0.1) is 72.7 Å². The Hall–Kier alpha value is -2.14. The van der Waals surface area contributed by atoms with Crippen molar-refractivity contribution in [1.82, 2.24) is 0 Å². The van der Waals surface area contributed by atoms with Crippen LogP contribution in [0, 0.1) is 11.8 Å². The number of benzene rings is 2. The van der Waals surface area contributed by atoms with Crippen LogP contribution in [0.25, 0.3) is 0 Å². The van der Waals surface area contributed by atoms with Gasteiger partial charge in [0.1, 0.15) is 6.10 Å². The van der Waals surface area contributed by atoms with Crippen molar-refractivity contribution in [3.8, 4) is 0 Å². The van der Waals surface area contributed by atoms with Gasteiger partial charge in [-0.25, -0.2) is 0 Å². The van der Waals surface area contributed by atoms with Crippen molar-refractivity contribution in [2.75, 3.05) is 6.61 Å². The quantitative estimate of drug-likeness (QED) is 0.147. The average molecular weight is 707 g/mol. The van der Waals surface area contributed by atoms with E-state index in [-0.39, 0.29) is 36.4 Å². The van der Waals surface area contributed by atoms with Crippen LogP contribution < -0.4 is 0 Å². The van der Waals surface area contributed by atoms with E-state index in [4.69, 9.17) is 28.4 Å². The van der Waals surface area contributed by atoms with E-state index in [1.165, 1.54) is 0 Å². The Labute approximate surface area is 305 Å². The molecule has 4 heterocycles.